The lowest BCUT2D eigenvalue weighted by atomic mass is 9.98. The van der Waals surface area contributed by atoms with Gasteiger partial charge in [-0.3, -0.25) is 4.79 Å². The number of nitriles is 1. The zero-order chi connectivity index (χ0) is 26.9. The average molecular weight is 514 g/mol. The Morgan fingerprint density at radius 3 is 2.34 bits per heavy atom. The highest BCUT2D eigenvalue weighted by Crippen LogP contribution is 2.31. The number of fused-ring (bicyclic) bond motifs is 1. The van der Waals surface area contributed by atoms with Crippen LogP contribution in [0, 0.1) is 17.1 Å². The van der Waals surface area contributed by atoms with Crippen molar-refractivity contribution in [2.45, 2.75) is 19.0 Å². The van der Waals surface area contributed by atoms with E-state index in [1.54, 1.807) is 36.5 Å². The highest BCUT2D eigenvalue weighted by molar-refractivity contribution is 5.87. The van der Waals surface area contributed by atoms with Gasteiger partial charge in [0.1, 0.15) is 29.0 Å². The Bertz CT molecular complexity index is 1700. The van der Waals surface area contributed by atoms with Gasteiger partial charge in [-0.1, -0.05) is 30.3 Å². The number of ketones is 1. The smallest absolute Gasteiger partial charge is 0.339 e. The van der Waals surface area contributed by atoms with E-state index in [1.165, 1.54) is 24.4 Å². The van der Waals surface area contributed by atoms with Crippen molar-refractivity contribution in [1.82, 2.24) is 15.0 Å². The van der Waals surface area contributed by atoms with Crippen molar-refractivity contribution in [3.8, 4) is 28.5 Å². The minimum atomic E-state index is -4.49. The van der Waals surface area contributed by atoms with Gasteiger partial charge in [-0.2, -0.15) is 18.4 Å². The standard InChI is InChI=1S/C29H18F4N4O/c30-26-11-18(10-24(38)9-17-2-1-3-22(8-17)29(31,32)33)4-7-25(26)21-12-20-13-27(37-28(20)36-16-21)19-5-6-23(14-34)35-15-19/h1-8,11-13,15-16H,9-10H2,(H,36,37). The Hall–Kier alpha value is -4.84. The van der Waals surface area contributed by atoms with Gasteiger partial charge in [-0.15, -0.1) is 0 Å². The molecule has 0 bridgehead atoms. The Balaban J connectivity index is 1.32. The van der Waals surface area contributed by atoms with E-state index in [2.05, 4.69) is 15.0 Å². The number of carbonyl (C=O) groups excluding carboxylic acids is 1. The summed E-state index contributed by atoms with van der Waals surface area (Å²) < 4.78 is 53.8. The number of halogens is 4. The van der Waals surface area contributed by atoms with Crippen molar-refractivity contribution in [2.75, 3.05) is 0 Å². The fourth-order valence-electron chi connectivity index (χ4n) is 4.22. The summed E-state index contributed by atoms with van der Waals surface area (Å²) in [6.45, 7) is 0. The lowest BCUT2D eigenvalue weighted by Gasteiger charge is -2.09. The summed E-state index contributed by atoms with van der Waals surface area (Å²) in [5.41, 5.74) is 3.14. The molecule has 0 aliphatic rings. The summed E-state index contributed by atoms with van der Waals surface area (Å²) in [4.78, 5) is 24.1. The van der Waals surface area contributed by atoms with Crippen LogP contribution in [-0.4, -0.2) is 20.7 Å². The fourth-order valence-corrected chi connectivity index (χ4v) is 4.22. The summed E-state index contributed by atoms with van der Waals surface area (Å²) in [5.74, 6) is -0.862. The highest BCUT2D eigenvalue weighted by Gasteiger charge is 2.30. The van der Waals surface area contributed by atoms with E-state index in [1.807, 2.05) is 12.1 Å². The number of hydrogen-bond acceptors (Lipinski definition) is 4. The number of rotatable bonds is 6. The lowest BCUT2D eigenvalue weighted by molar-refractivity contribution is -0.137. The lowest BCUT2D eigenvalue weighted by Crippen LogP contribution is -2.09. The molecule has 0 aliphatic heterocycles. The molecule has 0 aliphatic carbocycles. The van der Waals surface area contributed by atoms with Crippen LogP contribution in [0.4, 0.5) is 17.6 Å². The first kappa shape index (κ1) is 24.8. The van der Waals surface area contributed by atoms with Crippen LogP contribution in [0.25, 0.3) is 33.4 Å². The molecule has 0 unspecified atom stereocenters. The second-order valence-corrected chi connectivity index (χ2v) is 8.79. The predicted molar refractivity (Wildman–Crippen MR) is 133 cm³/mol. The monoisotopic (exact) mass is 514 g/mol. The number of aromatic amines is 1. The number of carbonyl (C=O) groups is 1. The number of nitrogens with one attached hydrogen (secondary N) is 1. The molecule has 2 aromatic carbocycles. The molecule has 0 saturated carbocycles. The van der Waals surface area contributed by atoms with Gasteiger partial charge in [-0.05, 0) is 47.5 Å². The molecule has 0 atom stereocenters. The van der Waals surface area contributed by atoms with E-state index in [0.717, 1.165) is 28.8 Å². The molecule has 5 rings (SSSR count). The zero-order valence-corrected chi connectivity index (χ0v) is 19.7. The maximum Gasteiger partial charge on any atom is 0.416 e. The van der Waals surface area contributed by atoms with Crippen LogP contribution in [0.15, 0.2) is 79.1 Å². The Kier molecular flexibility index (Phi) is 6.47. The van der Waals surface area contributed by atoms with E-state index in [4.69, 9.17) is 5.26 Å². The van der Waals surface area contributed by atoms with Crippen molar-refractivity contribution < 1.29 is 22.4 Å². The first-order valence-corrected chi connectivity index (χ1v) is 11.5. The van der Waals surface area contributed by atoms with Crippen LogP contribution in [-0.2, 0) is 23.8 Å². The van der Waals surface area contributed by atoms with E-state index in [-0.39, 0.29) is 24.2 Å². The molecule has 0 spiro atoms. The third-order valence-electron chi connectivity index (χ3n) is 6.06. The van der Waals surface area contributed by atoms with Gasteiger partial charge in [0, 0.05) is 53.0 Å². The topological polar surface area (TPSA) is 82.4 Å². The minimum absolute atomic E-state index is 0.107. The summed E-state index contributed by atoms with van der Waals surface area (Å²) in [5, 5.41) is 9.67. The van der Waals surface area contributed by atoms with E-state index >= 15 is 4.39 Å². The number of H-pyrrole nitrogens is 1. The van der Waals surface area contributed by atoms with Crippen molar-refractivity contribution in [2.24, 2.45) is 0 Å². The van der Waals surface area contributed by atoms with Gasteiger partial charge >= 0.3 is 6.18 Å². The molecular weight excluding hydrogens is 496 g/mol. The highest BCUT2D eigenvalue weighted by atomic mass is 19.4. The molecule has 38 heavy (non-hydrogen) atoms. The molecule has 1 N–H and O–H groups in total. The molecule has 0 radical (unpaired) electrons. The summed E-state index contributed by atoms with van der Waals surface area (Å²) in [6, 6.07) is 18.1. The molecule has 3 heterocycles. The second kappa shape index (κ2) is 9.90. The van der Waals surface area contributed by atoms with Crippen LogP contribution in [0.2, 0.25) is 0 Å². The molecule has 5 nitrogen and oxygen atoms in total. The predicted octanol–water partition coefficient (Wildman–Crippen LogP) is 6.68. The van der Waals surface area contributed by atoms with Crippen molar-refractivity contribution in [3.05, 3.63) is 107 Å². The van der Waals surface area contributed by atoms with Gasteiger partial charge < -0.3 is 4.98 Å². The normalized spacial score (nSPS) is 11.4. The number of nitrogens with zero attached hydrogens (tertiary/aromatic N) is 3. The Morgan fingerprint density at radius 2 is 1.66 bits per heavy atom. The molecule has 9 heteroatoms. The number of pyridine rings is 2. The number of alkyl halides is 3. The minimum Gasteiger partial charge on any atom is -0.339 e. The number of benzene rings is 2. The fraction of sp³-hybridized carbons (Fsp3) is 0.103. The Labute approximate surface area is 214 Å². The zero-order valence-electron chi connectivity index (χ0n) is 19.7. The van der Waals surface area contributed by atoms with Crippen molar-refractivity contribution in [3.63, 3.8) is 0 Å². The van der Waals surface area contributed by atoms with Gasteiger partial charge in [-0.25, -0.2) is 14.4 Å². The largest absolute Gasteiger partial charge is 0.416 e. The quantitative estimate of drug-likeness (QED) is 0.257. The first-order chi connectivity index (χ1) is 18.2. The van der Waals surface area contributed by atoms with Gasteiger partial charge in [0.25, 0.3) is 0 Å². The third-order valence-corrected chi connectivity index (χ3v) is 6.06. The average Bonchev–Trinajstić information content (AvgIpc) is 3.32. The third kappa shape index (κ3) is 5.30. The van der Waals surface area contributed by atoms with Gasteiger partial charge in [0.15, 0.2) is 0 Å². The molecule has 3 aromatic heterocycles. The number of hydrogen-bond donors (Lipinski definition) is 1. The van der Waals surface area contributed by atoms with Crippen LogP contribution in [0.5, 0.6) is 0 Å². The summed E-state index contributed by atoms with van der Waals surface area (Å²) in [6.07, 6.45) is -1.66. The summed E-state index contributed by atoms with van der Waals surface area (Å²) in [7, 11) is 0. The molecule has 0 amide bonds. The van der Waals surface area contributed by atoms with E-state index in [0.29, 0.717) is 28.0 Å². The van der Waals surface area contributed by atoms with Crippen LogP contribution >= 0.6 is 0 Å². The Morgan fingerprint density at radius 1 is 0.895 bits per heavy atom. The van der Waals surface area contributed by atoms with Crippen LogP contribution in [0.1, 0.15) is 22.4 Å². The van der Waals surface area contributed by atoms with E-state index in [9.17, 15) is 18.0 Å². The second-order valence-electron chi connectivity index (χ2n) is 8.79. The van der Waals surface area contributed by atoms with Crippen molar-refractivity contribution in [1.29, 1.82) is 5.26 Å². The van der Waals surface area contributed by atoms with Crippen LogP contribution < -0.4 is 0 Å². The number of Topliss-reactive ketones (excluding diaryl/α,β-unsaturated/α-hetero) is 1. The molecule has 0 fully saturated rings. The molecular formula is C29H18F4N4O. The summed E-state index contributed by atoms with van der Waals surface area (Å²) >= 11 is 0. The maximum atomic E-state index is 15.0. The first-order valence-electron chi connectivity index (χ1n) is 11.5. The maximum absolute atomic E-state index is 15.0. The van der Waals surface area contributed by atoms with E-state index < -0.39 is 17.6 Å². The molecule has 188 valence electrons. The van der Waals surface area contributed by atoms with Gasteiger partial charge in [0.2, 0.25) is 0 Å². The van der Waals surface area contributed by atoms with Crippen molar-refractivity contribution >= 4 is 16.8 Å². The number of aromatic nitrogens is 3. The molecule has 5 aromatic rings. The van der Waals surface area contributed by atoms with Crippen LogP contribution in [0.3, 0.4) is 0 Å². The van der Waals surface area contributed by atoms with Gasteiger partial charge in [0.05, 0.1) is 5.56 Å². The SMILES string of the molecule is N#Cc1ccc(-c2cc3cc(-c4ccc(CC(=O)Cc5cccc(C(F)(F)F)c5)cc4F)cnc3[nH]2)cn1. The molecule has 0 saturated heterocycles.